The Morgan fingerprint density at radius 2 is 1.40 bits per heavy atom. The zero-order chi connectivity index (χ0) is 12.1. The van der Waals surface area contributed by atoms with E-state index in [9.17, 15) is 0 Å². The maximum absolute atomic E-state index is 8.88. The number of benzene rings is 1. The fraction of sp³-hybridized carbons (Fsp3) is 0.333. The third kappa shape index (κ3) is 9.43. The molecule has 0 fully saturated rings. The van der Waals surface area contributed by atoms with Crippen molar-refractivity contribution in [3.05, 3.63) is 29.8 Å². The summed E-state index contributed by atoms with van der Waals surface area (Å²) in [5.74, 6) is 0. The summed E-state index contributed by atoms with van der Waals surface area (Å²) < 4.78 is 8.88. The molecular formula is C9H16NO4P. The zero-order valence-corrected chi connectivity index (χ0v) is 9.85. The van der Waals surface area contributed by atoms with Gasteiger partial charge in [-0.2, -0.15) is 0 Å². The number of hydrogen-bond acceptors (Lipinski definition) is 2. The SMILES string of the molecule is Cc1ccc(N(C)C)cc1.O=P(O)(O)O. The van der Waals surface area contributed by atoms with E-state index in [4.69, 9.17) is 19.2 Å². The second-order valence-electron chi connectivity index (χ2n) is 3.24. The maximum Gasteiger partial charge on any atom is 0.466 e. The Labute approximate surface area is 89.2 Å². The first kappa shape index (κ1) is 14.1. The quantitative estimate of drug-likeness (QED) is 0.633. The third-order valence-electron chi connectivity index (χ3n) is 1.55. The highest BCUT2D eigenvalue weighted by Crippen LogP contribution is 2.25. The van der Waals surface area contributed by atoms with Crippen molar-refractivity contribution in [2.24, 2.45) is 0 Å². The van der Waals surface area contributed by atoms with E-state index in [0.717, 1.165) is 0 Å². The van der Waals surface area contributed by atoms with Crippen LogP contribution in [0.1, 0.15) is 5.56 Å². The van der Waals surface area contributed by atoms with Gasteiger partial charge in [-0.05, 0) is 19.1 Å². The van der Waals surface area contributed by atoms with E-state index in [1.54, 1.807) is 0 Å². The smallest absolute Gasteiger partial charge is 0.378 e. The molecule has 3 N–H and O–H groups in total. The molecule has 1 aromatic rings. The summed E-state index contributed by atoms with van der Waals surface area (Å²) in [6.45, 7) is 2.10. The molecule has 0 radical (unpaired) electrons. The van der Waals surface area contributed by atoms with Gasteiger partial charge in [0.25, 0.3) is 0 Å². The minimum atomic E-state index is -4.64. The summed E-state index contributed by atoms with van der Waals surface area (Å²) in [6.07, 6.45) is 0. The first-order chi connectivity index (χ1) is 6.70. The second-order valence-corrected chi connectivity index (χ2v) is 4.27. The monoisotopic (exact) mass is 233 g/mol. The molecule has 15 heavy (non-hydrogen) atoms. The zero-order valence-electron chi connectivity index (χ0n) is 8.95. The molecule has 6 heteroatoms. The molecule has 86 valence electrons. The first-order valence-corrected chi connectivity index (χ1v) is 5.79. The molecule has 0 amide bonds. The lowest BCUT2D eigenvalue weighted by Crippen LogP contribution is -2.07. The Bertz CT molecular complexity index is 322. The van der Waals surface area contributed by atoms with Crippen molar-refractivity contribution in [2.45, 2.75) is 6.92 Å². The summed E-state index contributed by atoms with van der Waals surface area (Å²) in [7, 11) is -0.546. The molecule has 0 aliphatic heterocycles. The lowest BCUT2D eigenvalue weighted by molar-refractivity contribution is 0.275. The molecule has 0 aliphatic carbocycles. The summed E-state index contributed by atoms with van der Waals surface area (Å²) in [4.78, 5) is 23.7. The van der Waals surface area contributed by atoms with Gasteiger partial charge in [0.1, 0.15) is 0 Å². The molecular weight excluding hydrogens is 217 g/mol. The molecule has 0 saturated heterocycles. The van der Waals surface area contributed by atoms with Gasteiger partial charge in [-0.25, -0.2) is 4.57 Å². The van der Waals surface area contributed by atoms with Gasteiger partial charge in [-0.1, -0.05) is 17.7 Å². The van der Waals surface area contributed by atoms with Crippen molar-refractivity contribution in [2.75, 3.05) is 19.0 Å². The van der Waals surface area contributed by atoms with Crippen LogP contribution in [0.25, 0.3) is 0 Å². The fourth-order valence-corrected chi connectivity index (χ4v) is 0.843. The molecule has 0 unspecified atom stereocenters. The summed E-state index contributed by atoms with van der Waals surface area (Å²) >= 11 is 0. The molecule has 5 nitrogen and oxygen atoms in total. The number of rotatable bonds is 1. The van der Waals surface area contributed by atoms with Crippen LogP contribution in [0.5, 0.6) is 0 Å². The van der Waals surface area contributed by atoms with Gasteiger partial charge in [-0.15, -0.1) is 0 Å². The molecule has 0 heterocycles. The largest absolute Gasteiger partial charge is 0.466 e. The predicted octanol–water partition coefficient (Wildman–Crippen LogP) is 1.13. The van der Waals surface area contributed by atoms with Gasteiger partial charge < -0.3 is 19.6 Å². The third-order valence-corrected chi connectivity index (χ3v) is 1.55. The van der Waals surface area contributed by atoms with Gasteiger partial charge >= 0.3 is 7.82 Å². The van der Waals surface area contributed by atoms with Crippen LogP contribution in [0.3, 0.4) is 0 Å². The number of aryl methyl sites for hydroxylation is 1. The van der Waals surface area contributed by atoms with Crippen molar-refractivity contribution in [1.29, 1.82) is 0 Å². The van der Waals surface area contributed by atoms with E-state index in [2.05, 4.69) is 36.1 Å². The Morgan fingerprint density at radius 1 is 1.07 bits per heavy atom. The molecule has 0 aliphatic rings. The highest BCUT2D eigenvalue weighted by Gasteiger charge is 2.00. The lowest BCUT2D eigenvalue weighted by Gasteiger charge is -2.11. The molecule has 0 saturated carbocycles. The highest BCUT2D eigenvalue weighted by molar-refractivity contribution is 7.45. The number of nitrogens with zero attached hydrogens (tertiary/aromatic N) is 1. The van der Waals surface area contributed by atoms with Crippen LogP contribution in [0, 0.1) is 6.92 Å². The number of hydrogen-bond donors (Lipinski definition) is 3. The fourth-order valence-electron chi connectivity index (χ4n) is 0.843. The van der Waals surface area contributed by atoms with Crippen molar-refractivity contribution in [3.63, 3.8) is 0 Å². The van der Waals surface area contributed by atoms with E-state index in [1.165, 1.54) is 11.3 Å². The topological polar surface area (TPSA) is 81.0 Å². The summed E-state index contributed by atoms with van der Waals surface area (Å²) in [5.41, 5.74) is 2.57. The lowest BCUT2D eigenvalue weighted by atomic mass is 10.2. The van der Waals surface area contributed by atoms with Crippen LogP contribution in [-0.4, -0.2) is 28.8 Å². The second kappa shape index (κ2) is 5.88. The predicted molar refractivity (Wildman–Crippen MR) is 59.8 cm³/mol. The van der Waals surface area contributed by atoms with Crippen LogP contribution in [0.15, 0.2) is 24.3 Å². The molecule has 0 bridgehead atoms. The van der Waals surface area contributed by atoms with Crippen LogP contribution in [0.4, 0.5) is 5.69 Å². The van der Waals surface area contributed by atoms with E-state index in [-0.39, 0.29) is 0 Å². The molecule has 0 aromatic heterocycles. The van der Waals surface area contributed by atoms with Crippen LogP contribution >= 0.6 is 7.82 Å². The van der Waals surface area contributed by atoms with Crippen LogP contribution in [-0.2, 0) is 4.57 Å². The Balaban J connectivity index is 0.000000336. The van der Waals surface area contributed by atoms with Crippen LogP contribution < -0.4 is 4.90 Å². The Morgan fingerprint density at radius 3 is 1.67 bits per heavy atom. The van der Waals surface area contributed by atoms with Crippen LogP contribution in [0.2, 0.25) is 0 Å². The average Bonchev–Trinajstić information content (AvgIpc) is 2.01. The van der Waals surface area contributed by atoms with E-state index < -0.39 is 7.82 Å². The van der Waals surface area contributed by atoms with Gasteiger partial charge in [0.05, 0.1) is 0 Å². The normalized spacial score (nSPS) is 10.3. The van der Waals surface area contributed by atoms with Gasteiger partial charge in [-0.3, -0.25) is 0 Å². The summed E-state index contributed by atoms with van der Waals surface area (Å²) in [6, 6.07) is 8.48. The number of anilines is 1. The number of phosphoric acid groups is 1. The van der Waals surface area contributed by atoms with E-state index >= 15 is 0 Å². The Kier molecular flexibility index (Phi) is 5.54. The standard InChI is InChI=1S/C9H13N.H3O4P/c1-8-4-6-9(7-5-8)10(2)3;1-5(2,3)4/h4-7H,1-3H3;(H3,1,2,3,4). The Hall–Kier alpha value is -0.870. The van der Waals surface area contributed by atoms with Crippen molar-refractivity contribution in [3.8, 4) is 0 Å². The van der Waals surface area contributed by atoms with E-state index in [1.807, 2.05) is 14.1 Å². The maximum atomic E-state index is 8.88. The van der Waals surface area contributed by atoms with E-state index in [0.29, 0.717) is 0 Å². The molecule has 1 aromatic carbocycles. The van der Waals surface area contributed by atoms with Crippen molar-refractivity contribution >= 4 is 13.5 Å². The first-order valence-electron chi connectivity index (χ1n) is 4.22. The minimum absolute atomic E-state index is 1.26. The van der Waals surface area contributed by atoms with Gasteiger partial charge in [0.2, 0.25) is 0 Å². The molecule has 0 atom stereocenters. The van der Waals surface area contributed by atoms with Crippen molar-refractivity contribution in [1.82, 2.24) is 0 Å². The molecule has 1 rings (SSSR count). The average molecular weight is 233 g/mol. The van der Waals surface area contributed by atoms with Gasteiger partial charge in [0, 0.05) is 19.8 Å². The molecule has 0 spiro atoms. The minimum Gasteiger partial charge on any atom is -0.378 e. The van der Waals surface area contributed by atoms with Crippen molar-refractivity contribution < 1.29 is 19.2 Å². The summed E-state index contributed by atoms with van der Waals surface area (Å²) in [5, 5.41) is 0. The van der Waals surface area contributed by atoms with Gasteiger partial charge in [0.15, 0.2) is 0 Å². The highest BCUT2D eigenvalue weighted by atomic mass is 31.2.